The van der Waals surface area contributed by atoms with Gasteiger partial charge in [-0.05, 0) is 67.3 Å². The Morgan fingerprint density at radius 3 is 1.63 bits per heavy atom. The largest absolute Gasteiger partial charge is 0.469 e. The molecule has 0 atom stereocenters. The normalized spacial score (nSPS) is 10.6. The first-order valence-electron chi connectivity index (χ1n) is 12.7. The second kappa shape index (κ2) is 17.3. The highest BCUT2D eigenvalue weighted by Crippen LogP contribution is 2.28. The van der Waals surface area contributed by atoms with Gasteiger partial charge in [0.1, 0.15) is 0 Å². The zero-order chi connectivity index (χ0) is 30.7. The summed E-state index contributed by atoms with van der Waals surface area (Å²) in [5, 5.41) is 0. The maximum Gasteiger partial charge on any atom is 0.319 e. The Morgan fingerprint density at radius 1 is 0.683 bits per heavy atom. The molecular formula is C31H33Br4NO5. The molecule has 0 aliphatic heterocycles. The van der Waals surface area contributed by atoms with Crippen molar-refractivity contribution in [1.29, 1.82) is 0 Å². The number of methoxy groups -OCH3 is 2. The second-order valence-corrected chi connectivity index (χ2v) is 12.8. The van der Waals surface area contributed by atoms with Crippen molar-refractivity contribution in [2.75, 3.05) is 20.8 Å². The fourth-order valence-corrected chi connectivity index (χ4v) is 6.90. The van der Waals surface area contributed by atoms with E-state index in [4.69, 9.17) is 4.74 Å². The summed E-state index contributed by atoms with van der Waals surface area (Å²) >= 11 is 13.8. The van der Waals surface area contributed by atoms with Crippen LogP contribution in [0.5, 0.6) is 0 Å². The molecule has 10 heteroatoms. The minimum absolute atomic E-state index is 0.0928. The van der Waals surface area contributed by atoms with Crippen molar-refractivity contribution < 1.29 is 23.9 Å². The molecule has 0 aliphatic carbocycles. The Labute approximate surface area is 275 Å². The summed E-state index contributed by atoms with van der Waals surface area (Å²) in [7, 11) is 2.73. The van der Waals surface area contributed by atoms with Crippen LogP contribution in [-0.2, 0) is 32.2 Å². The third-order valence-electron chi connectivity index (χ3n) is 6.27. The third-order valence-corrected chi connectivity index (χ3v) is 9.08. The van der Waals surface area contributed by atoms with E-state index in [1.807, 2.05) is 24.3 Å². The van der Waals surface area contributed by atoms with Gasteiger partial charge in [-0.2, -0.15) is 0 Å². The highest BCUT2D eigenvalue weighted by molar-refractivity contribution is 9.11. The van der Waals surface area contributed by atoms with Gasteiger partial charge in [0.05, 0.1) is 27.2 Å². The first kappa shape index (κ1) is 35.3. The van der Waals surface area contributed by atoms with E-state index in [0.717, 1.165) is 23.5 Å². The number of halogens is 4. The van der Waals surface area contributed by atoms with Gasteiger partial charge in [-0.15, -0.1) is 0 Å². The monoisotopic (exact) mass is 815 g/mol. The Kier molecular flexibility index (Phi) is 14.9. The molecule has 3 aromatic carbocycles. The number of aryl methyl sites for hydroxylation is 3. The molecule has 41 heavy (non-hydrogen) atoms. The predicted molar refractivity (Wildman–Crippen MR) is 176 cm³/mol. The lowest BCUT2D eigenvalue weighted by atomic mass is 9.99. The van der Waals surface area contributed by atoms with Crippen molar-refractivity contribution >= 4 is 81.4 Å². The molecule has 0 amide bonds. The maximum atomic E-state index is 11.9. The van der Waals surface area contributed by atoms with Gasteiger partial charge in [0.15, 0.2) is 5.78 Å². The van der Waals surface area contributed by atoms with Gasteiger partial charge in [-0.3, -0.25) is 19.3 Å². The summed E-state index contributed by atoms with van der Waals surface area (Å²) in [5.41, 5.74) is 6.70. The Balaban J connectivity index is 0.000000317. The van der Waals surface area contributed by atoms with Crippen LogP contribution in [0.2, 0.25) is 0 Å². The van der Waals surface area contributed by atoms with Gasteiger partial charge in [-0.1, -0.05) is 93.5 Å². The summed E-state index contributed by atoms with van der Waals surface area (Å²) in [5.74, 6) is -0.702. The number of Topliss-reactive ketones (excluding diaryl/α,β-unsaturated/α-hetero) is 1. The van der Waals surface area contributed by atoms with Crippen molar-refractivity contribution in [2.24, 2.45) is 0 Å². The van der Waals surface area contributed by atoms with Crippen LogP contribution in [0.1, 0.15) is 51.0 Å². The van der Waals surface area contributed by atoms with E-state index in [1.54, 1.807) is 12.1 Å². The number of ether oxygens (including phenoxy) is 2. The summed E-state index contributed by atoms with van der Waals surface area (Å²) in [6, 6.07) is 15.8. The number of ketones is 1. The van der Waals surface area contributed by atoms with E-state index >= 15 is 0 Å². The van der Waals surface area contributed by atoms with Crippen LogP contribution in [0.4, 0.5) is 0 Å². The van der Waals surface area contributed by atoms with E-state index in [0.29, 0.717) is 18.7 Å². The van der Waals surface area contributed by atoms with Crippen LogP contribution >= 0.6 is 63.7 Å². The molecule has 0 unspecified atom stereocenters. The molecule has 0 radical (unpaired) electrons. The quantitative estimate of drug-likeness (QED) is 0.151. The molecule has 3 aromatic rings. The molecule has 0 saturated heterocycles. The molecule has 0 spiro atoms. The van der Waals surface area contributed by atoms with Crippen LogP contribution < -0.4 is 0 Å². The van der Waals surface area contributed by atoms with E-state index in [2.05, 4.69) is 106 Å². The van der Waals surface area contributed by atoms with Crippen molar-refractivity contribution in [1.82, 2.24) is 4.90 Å². The molecule has 0 N–H and O–H groups in total. The van der Waals surface area contributed by atoms with Crippen LogP contribution in [-0.4, -0.2) is 43.4 Å². The van der Waals surface area contributed by atoms with Gasteiger partial charge in [0.25, 0.3) is 0 Å². The zero-order valence-electron chi connectivity index (χ0n) is 23.7. The highest BCUT2D eigenvalue weighted by Gasteiger charge is 2.18. The molecule has 0 bridgehead atoms. The fourth-order valence-electron chi connectivity index (χ4n) is 4.21. The van der Waals surface area contributed by atoms with Crippen molar-refractivity contribution in [2.45, 2.75) is 46.7 Å². The van der Waals surface area contributed by atoms with E-state index in [-0.39, 0.29) is 37.1 Å². The maximum absolute atomic E-state index is 11.9. The minimum atomic E-state index is -0.378. The number of nitrogens with zero attached hydrogens (tertiary/aromatic N) is 1. The molecule has 6 nitrogen and oxygen atoms in total. The van der Waals surface area contributed by atoms with Crippen LogP contribution in [0.15, 0.2) is 66.4 Å². The molecule has 0 saturated carbocycles. The van der Waals surface area contributed by atoms with Crippen molar-refractivity contribution in [3.63, 3.8) is 0 Å². The summed E-state index contributed by atoms with van der Waals surface area (Å²) in [6.45, 7) is 7.94. The van der Waals surface area contributed by atoms with Gasteiger partial charge in [-0.25, -0.2) is 0 Å². The van der Waals surface area contributed by atoms with E-state index < -0.39 is 0 Å². The lowest BCUT2D eigenvalue weighted by molar-refractivity contribution is -0.142. The summed E-state index contributed by atoms with van der Waals surface area (Å²) < 4.78 is 12.9. The molecule has 3 rings (SSSR count). The molecule has 0 heterocycles. The van der Waals surface area contributed by atoms with Gasteiger partial charge < -0.3 is 9.47 Å². The van der Waals surface area contributed by atoms with E-state index in [9.17, 15) is 14.4 Å². The average Bonchev–Trinajstić information content (AvgIpc) is 2.91. The lowest BCUT2D eigenvalue weighted by Crippen LogP contribution is -2.30. The van der Waals surface area contributed by atoms with E-state index in [1.165, 1.54) is 36.5 Å². The number of rotatable bonds is 10. The lowest BCUT2D eigenvalue weighted by Gasteiger charge is -2.24. The SMILES string of the molecule is COC(=O)CCC(=O)c1c(Br)cccc1Br.COC(=O)CN(Cc1c(C)cc(C)cc1C)Cc1c(Br)cccc1Br. The van der Waals surface area contributed by atoms with Crippen molar-refractivity contribution in [3.05, 3.63) is 99.8 Å². The Bertz CT molecular complexity index is 1330. The van der Waals surface area contributed by atoms with Crippen LogP contribution in [0.25, 0.3) is 0 Å². The number of carbonyl (C=O) groups excluding carboxylic acids is 3. The average molecular weight is 819 g/mol. The number of benzene rings is 3. The number of hydrogen-bond acceptors (Lipinski definition) is 6. The highest BCUT2D eigenvalue weighted by atomic mass is 79.9. The molecule has 0 aliphatic rings. The first-order chi connectivity index (χ1) is 19.4. The minimum Gasteiger partial charge on any atom is -0.469 e. The van der Waals surface area contributed by atoms with Crippen molar-refractivity contribution in [3.8, 4) is 0 Å². The Hall–Kier alpha value is -1.85. The third kappa shape index (κ3) is 11.1. The molecule has 220 valence electrons. The smallest absolute Gasteiger partial charge is 0.319 e. The zero-order valence-corrected chi connectivity index (χ0v) is 30.0. The standard InChI is InChI=1S/C20H23Br2NO2.C11H10Br2O3/c1-13-8-14(2)16(15(3)9-13)10-23(12-20(24)25-4)11-17-18(21)6-5-7-19(17)22;1-16-10(15)6-5-9(14)11-7(12)3-2-4-8(11)13/h5-9H,10-12H2,1-4H3;2-4H,5-6H2,1H3. The number of hydrogen-bond donors (Lipinski definition) is 0. The molecular weight excluding hydrogens is 786 g/mol. The van der Waals surface area contributed by atoms with Gasteiger partial charge in [0.2, 0.25) is 0 Å². The van der Waals surface area contributed by atoms with Crippen LogP contribution in [0.3, 0.4) is 0 Å². The predicted octanol–water partition coefficient (Wildman–Crippen LogP) is 8.66. The van der Waals surface area contributed by atoms with Gasteiger partial charge in [0, 0.05) is 43.0 Å². The summed E-state index contributed by atoms with van der Waals surface area (Å²) in [6.07, 6.45) is 0.247. The Morgan fingerprint density at radius 2 is 1.15 bits per heavy atom. The fraction of sp³-hybridized carbons (Fsp3) is 0.323. The molecule has 0 fully saturated rings. The van der Waals surface area contributed by atoms with Gasteiger partial charge >= 0.3 is 11.9 Å². The van der Waals surface area contributed by atoms with Crippen LogP contribution in [0, 0.1) is 20.8 Å². The summed E-state index contributed by atoms with van der Waals surface area (Å²) in [4.78, 5) is 36.8. The first-order valence-corrected chi connectivity index (χ1v) is 15.9. The number of carbonyl (C=O) groups is 3. The topological polar surface area (TPSA) is 72.9 Å². The molecule has 0 aromatic heterocycles. The number of esters is 2. The second-order valence-electron chi connectivity index (χ2n) is 9.39.